The van der Waals surface area contributed by atoms with E-state index in [1.54, 1.807) is 0 Å². The average molecular weight is 381 g/mol. The molecule has 0 radical (unpaired) electrons. The fourth-order valence-corrected chi connectivity index (χ4v) is 4.12. The van der Waals surface area contributed by atoms with Gasteiger partial charge in [0.1, 0.15) is 5.78 Å². The van der Waals surface area contributed by atoms with Crippen LogP contribution in [0.15, 0.2) is 12.2 Å². The maximum absolute atomic E-state index is 12.3. The van der Waals surface area contributed by atoms with Gasteiger partial charge < -0.3 is 10.2 Å². The van der Waals surface area contributed by atoms with Crippen LogP contribution in [0.4, 0.5) is 0 Å². The molecule has 0 aromatic heterocycles. The van der Waals surface area contributed by atoms with Crippen molar-refractivity contribution >= 4 is 11.8 Å². The molecular weight excluding hydrogens is 340 g/mol. The van der Waals surface area contributed by atoms with Crippen LogP contribution in [0.25, 0.3) is 0 Å². The number of carboxylic acids is 1. The average Bonchev–Trinajstić information content (AvgIpc) is 2.96. The summed E-state index contributed by atoms with van der Waals surface area (Å²) in [6.45, 7) is 5.94. The van der Waals surface area contributed by atoms with E-state index < -0.39 is 11.6 Å². The lowest BCUT2D eigenvalue weighted by Gasteiger charge is -2.21. The number of hydrogen-bond donors (Lipinski definition) is 2. The first-order valence-corrected chi connectivity index (χ1v) is 11.0. The van der Waals surface area contributed by atoms with Gasteiger partial charge in [-0.3, -0.25) is 9.59 Å². The summed E-state index contributed by atoms with van der Waals surface area (Å²) in [6, 6.07) is 0. The summed E-state index contributed by atoms with van der Waals surface area (Å²) in [4.78, 5) is 23.3. The third-order valence-corrected chi connectivity index (χ3v) is 6.05. The minimum Gasteiger partial charge on any atom is -0.481 e. The van der Waals surface area contributed by atoms with E-state index in [4.69, 9.17) is 5.11 Å². The van der Waals surface area contributed by atoms with Crippen molar-refractivity contribution in [3.05, 3.63) is 12.2 Å². The highest BCUT2D eigenvalue weighted by molar-refractivity contribution is 5.83. The fourth-order valence-electron chi connectivity index (χ4n) is 4.12. The molecule has 1 aliphatic carbocycles. The summed E-state index contributed by atoms with van der Waals surface area (Å²) < 4.78 is 0. The first-order chi connectivity index (χ1) is 12.8. The summed E-state index contributed by atoms with van der Waals surface area (Å²) in [5, 5.41) is 19.6. The van der Waals surface area contributed by atoms with Crippen LogP contribution < -0.4 is 0 Å². The van der Waals surface area contributed by atoms with E-state index in [9.17, 15) is 14.7 Å². The zero-order valence-electron chi connectivity index (χ0n) is 17.6. The van der Waals surface area contributed by atoms with E-state index in [2.05, 4.69) is 13.0 Å². The number of carbonyl (C=O) groups is 2. The van der Waals surface area contributed by atoms with Crippen LogP contribution in [0.5, 0.6) is 0 Å². The monoisotopic (exact) mass is 380 g/mol. The third kappa shape index (κ3) is 9.05. The van der Waals surface area contributed by atoms with Gasteiger partial charge in [0, 0.05) is 12.3 Å². The first kappa shape index (κ1) is 23.9. The minimum atomic E-state index is -0.780. The van der Waals surface area contributed by atoms with Gasteiger partial charge in [-0.25, -0.2) is 0 Å². The summed E-state index contributed by atoms with van der Waals surface area (Å²) in [6.07, 6.45) is 14.8. The Morgan fingerprint density at radius 2 is 1.96 bits per heavy atom. The van der Waals surface area contributed by atoms with Gasteiger partial charge in [-0.15, -0.1) is 0 Å². The Morgan fingerprint density at radius 3 is 2.59 bits per heavy atom. The van der Waals surface area contributed by atoms with Crippen molar-refractivity contribution in [2.45, 2.75) is 103 Å². The fraction of sp³-hybridized carbons (Fsp3) is 0.826. The van der Waals surface area contributed by atoms with Gasteiger partial charge >= 0.3 is 5.97 Å². The molecule has 1 rings (SSSR count). The Labute approximate surface area is 165 Å². The molecule has 156 valence electrons. The maximum Gasteiger partial charge on any atom is 0.306 e. The van der Waals surface area contributed by atoms with Gasteiger partial charge in [-0.2, -0.15) is 0 Å². The number of carboxylic acid groups (broad SMARTS) is 1. The minimum absolute atomic E-state index is 0.0779. The van der Waals surface area contributed by atoms with Crippen molar-refractivity contribution in [1.29, 1.82) is 0 Å². The van der Waals surface area contributed by atoms with Gasteiger partial charge in [0.05, 0.1) is 11.5 Å². The summed E-state index contributed by atoms with van der Waals surface area (Å²) in [5.74, 6) is -0.248. The standard InChI is InChI=1S/C23H40O4/c1-4-6-10-16-23(3,27)17-15-19-13-14-21(24)20(19)12-9-7-8-11-18(5-2)22(25)26/h15,17-20,27H,4-14,16H2,1-3H3,(H,25,26)/t18?,19-,20-,23?/m1/s1. The number of allylic oxidation sites excluding steroid dienone is 1. The van der Waals surface area contributed by atoms with Crippen LogP contribution in [-0.4, -0.2) is 27.6 Å². The van der Waals surface area contributed by atoms with Crippen LogP contribution in [0.3, 0.4) is 0 Å². The number of unbranched alkanes of at least 4 members (excludes halogenated alkanes) is 4. The molecule has 1 fully saturated rings. The molecule has 2 N–H and O–H groups in total. The quantitative estimate of drug-likeness (QED) is 0.307. The highest BCUT2D eigenvalue weighted by atomic mass is 16.4. The van der Waals surface area contributed by atoms with Crippen molar-refractivity contribution in [3.63, 3.8) is 0 Å². The zero-order valence-corrected chi connectivity index (χ0v) is 17.6. The van der Waals surface area contributed by atoms with E-state index in [-0.39, 0.29) is 17.8 Å². The molecule has 4 nitrogen and oxygen atoms in total. The second-order valence-corrected chi connectivity index (χ2v) is 8.53. The van der Waals surface area contributed by atoms with Crippen molar-refractivity contribution in [3.8, 4) is 0 Å². The molecule has 0 aromatic carbocycles. The highest BCUT2D eigenvalue weighted by Gasteiger charge is 2.32. The predicted molar refractivity (Wildman–Crippen MR) is 110 cm³/mol. The van der Waals surface area contributed by atoms with Gasteiger partial charge in [0.2, 0.25) is 0 Å². The van der Waals surface area contributed by atoms with Crippen molar-refractivity contribution in [2.75, 3.05) is 0 Å². The van der Waals surface area contributed by atoms with Crippen LogP contribution in [0, 0.1) is 17.8 Å². The van der Waals surface area contributed by atoms with Crippen LogP contribution in [0.2, 0.25) is 0 Å². The zero-order chi connectivity index (χ0) is 20.3. The normalized spacial score (nSPS) is 23.6. The topological polar surface area (TPSA) is 74.6 Å². The first-order valence-electron chi connectivity index (χ1n) is 11.0. The lowest BCUT2D eigenvalue weighted by atomic mass is 9.87. The second-order valence-electron chi connectivity index (χ2n) is 8.53. The van der Waals surface area contributed by atoms with Crippen molar-refractivity contribution in [1.82, 2.24) is 0 Å². The maximum atomic E-state index is 12.3. The second kappa shape index (κ2) is 12.3. The summed E-state index contributed by atoms with van der Waals surface area (Å²) in [7, 11) is 0. The van der Waals surface area contributed by atoms with Crippen molar-refractivity contribution in [2.24, 2.45) is 17.8 Å². The molecule has 0 bridgehead atoms. The number of Topliss-reactive ketones (excluding diaryl/α,β-unsaturated/α-hetero) is 1. The summed E-state index contributed by atoms with van der Waals surface area (Å²) >= 11 is 0. The van der Waals surface area contributed by atoms with Gasteiger partial charge in [-0.1, -0.05) is 64.5 Å². The van der Waals surface area contributed by atoms with Gasteiger partial charge in [0.25, 0.3) is 0 Å². The highest BCUT2D eigenvalue weighted by Crippen LogP contribution is 2.34. The van der Waals surface area contributed by atoms with E-state index in [1.807, 2.05) is 19.9 Å². The number of ketones is 1. The molecule has 4 heteroatoms. The Morgan fingerprint density at radius 1 is 1.22 bits per heavy atom. The molecule has 1 saturated carbocycles. The van der Waals surface area contributed by atoms with Crippen LogP contribution in [-0.2, 0) is 9.59 Å². The molecule has 2 unspecified atom stereocenters. The Bertz CT molecular complexity index is 481. The molecule has 0 amide bonds. The van der Waals surface area contributed by atoms with Gasteiger partial charge in [-0.05, 0) is 44.9 Å². The van der Waals surface area contributed by atoms with Crippen molar-refractivity contribution < 1.29 is 19.8 Å². The van der Waals surface area contributed by atoms with E-state index in [0.717, 1.165) is 64.2 Å². The van der Waals surface area contributed by atoms with Crippen LogP contribution in [0.1, 0.15) is 97.8 Å². The molecular formula is C23H40O4. The Kier molecular flexibility index (Phi) is 10.9. The third-order valence-electron chi connectivity index (χ3n) is 6.05. The molecule has 0 heterocycles. The number of aliphatic carboxylic acids is 1. The molecule has 27 heavy (non-hydrogen) atoms. The lowest BCUT2D eigenvalue weighted by Crippen LogP contribution is -2.21. The van der Waals surface area contributed by atoms with E-state index in [1.165, 1.54) is 0 Å². The smallest absolute Gasteiger partial charge is 0.306 e. The SMILES string of the molecule is CCCCCC(C)(O)C=C[C@H]1CCC(=O)[C@@H]1CCCCCC(CC)C(=O)O. The van der Waals surface area contributed by atoms with Crippen LogP contribution >= 0.6 is 0 Å². The lowest BCUT2D eigenvalue weighted by molar-refractivity contribution is -0.142. The number of rotatable bonds is 14. The molecule has 0 aromatic rings. The number of hydrogen-bond acceptors (Lipinski definition) is 3. The molecule has 0 spiro atoms. The molecule has 1 aliphatic rings. The van der Waals surface area contributed by atoms with E-state index in [0.29, 0.717) is 18.6 Å². The number of carbonyl (C=O) groups excluding carboxylic acids is 1. The van der Waals surface area contributed by atoms with Gasteiger partial charge in [0.15, 0.2) is 0 Å². The Balaban J connectivity index is 2.41. The Hall–Kier alpha value is -1.16. The number of aliphatic hydroxyl groups is 1. The molecule has 4 atom stereocenters. The molecule has 0 aliphatic heterocycles. The predicted octanol–water partition coefficient (Wildman–Crippen LogP) is 5.53. The van der Waals surface area contributed by atoms with E-state index >= 15 is 0 Å². The largest absolute Gasteiger partial charge is 0.481 e. The molecule has 0 saturated heterocycles. The summed E-state index contributed by atoms with van der Waals surface area (Å²) in [5.41, 5.74) is -0.780.